The average Bonchev–Trinajstić information content (AvgIpc) is 2.86. The minimum Gasteiger partial charge on any atom is -0.493 e. The van der Waals surface area contributed by atoms with Crippen molar-refractivity contribution in [3.05, 3.63) is 11.9 Å². The lowest BCUT2D eigenvalue weighted by atomic mass is 10.0. The Morgan fingerprint density at radius 1 is 1.30 bits per heavy atom. The van der Waals surface area contributed by atoms with Crippen LogP contribution in [-0.4, -0.2) is 36.6 Å². The Bertz CT molecular complexity index is 390. The van der Waals surface area contributed by atoms with Gasteiger partial charge in [-0.15, -0.1) is 0 Å². The van der Waals surface area contributed by atoms with Crippen LogP contribution >= 0.6 is 0 Å². The Hall–Kier alpha value is -1.07. The molecule has 0 aliphatic rings. The maximum Gasteiger partial charge on any atom is 0.161 e. The first-order valence-corrected chi connectivity index (χ1v) is 7.48. The van der Waals surface area contributed by atoms with Crippen molar-refractivity contribution >= 4 is 0 Å². The van der Waals surface area contributed by atoms with E-state index in [1.54, 1.807) is 20.4 Å². The lowest BCUT2D eigenvalue weighted by Crippen LogP contribution is -2.35. The van der Waals surface area contributed by atoms with Gasteiger partial charge >= 0.3 is 0 Å². The zero-order valence-corrected chi connectivity index (χ0v) is 13.6. The van der Waals surface area contributed by atoms with Crippen molar-refractivity contribution in [2.24, 2.45) is 0 Å². The predicted molar refractivity (Wildman–Crippen MR) is 81.3 cm³/mol. The number of methoxy groups -OCH3 is 2. The van der Waals surface area contributed by atoms with Crippen LogP contribution in [0.4, 0.5) is 0 Å². The minimum absolute atomic E-state index is 0.0878. The molecular weight excluding hydrogens is 254 g/mol. The molecule has 0 saturated heterocycles. The number of rotatable bonds is 9. The zero-order chi connectivity index (χ0) is 15.1. The second-order valence-electron chi connectivity index (χ2n) is 5.23. The number of likely N-dealkylation sites (N-methyl/N-ethyl adjacent to an activating group) is 1. The monoisotopic (exact) mass is 283 g/mol. The van der Waals surface area contributed by atoms with Crippen molar-refractivity contribution in [2.45, 2.75) is 58.7 Å². The number of nitrogens with zero attached hydrogens (tertiary/aromatic N) is 2. The van der Waals surface area contributed by atoms with E-state index in [9.17, 15) is 0 Å². The number of aromatic nitrogens is 2. The Morgan fingerprint density at radius 3 is 2.45 bits per heavy atom. The molecule has 1 aromatic heterocycles. The van der Waals surface area contributed by atoms with Gasteiger partial charge in [-0.1, -0.05) is 20.3 Å². The fourth-order valence-electron chi connectivity index (χ4n) is 2.55. The molecule has 0 aliphatic heterocycles. The van der Waals surface area contributed by atoms with Crippen molar-refractivity contribution in [3.8, 4) is 5.75 Å². The Kier molecular flexibility index (Phi) is 7.02. The molecule has 2 atom stereocenters. The van der Waals surface area contributed by atoms with Crippen LogP contribution in [0.3, 0.4) is 0 Å². The van der Waals surface area contributed by atoms with Crippen LogP contribution in [0.1, 0.15) is 58.3 Å². The summed E-state index contributed by atoms with van der Waals surface area (Å²) < 4.78 is 13.2. The molecule has 5 heteroatoms. The Balaban J connectivity index is 3.21. The molecule has 5 nitrogen and oxygen atoms in total. The molecule has 0 fully saturated rings. The molecule has 1 rings (SSSR count). The van der Waals surface area contributed by atoms with Gasteiger partial charge in [0.1, 0.15) is 5.69 Å². The van der Waals surface area contributed by atoms with Gasteiger partial charge in [0.15, 0.2) is 5.75 Å². The van der Waals surface area contributed by atoms with Crippen LogP contribution in [0.5, 0.6) is 5.75 Å². The lowest BCUT2D eigenvalue weighted by molar-refractivity contribution is 0.0570. The van der Waals surface area contributed by atoms with Crippen molar-refractivity contribution in [1.29, 1.82) is 0 Å². The van der Waals surface area contributed by atoms with E-state index >= 15 is 0 Å². The summed E-state index contributed by atoms with van der Waals surface area (Å²) in [4.78, 5) is 0. The molecule has 0 aromatic carbocycles. The predicted octanol–water partition coefficient (Wildman–Crippen LogP) is 2.94. The standard InChI is InChI=1S/C15H29N3O2/c1-7-9-12(19-5)14(16-8-2)15-13(20-6)10-17-18(15)11(3)4/h10-12,14,16H,7-9H2,1-6H3. The molecule has 116 valence electrons. The van der Waals surface area contributed by atoms with Gasteiger partial charge in [0.05, 0.1) is 25.5 Å². The molecule has 1 heterocycles. The topological polar surface area (TPSA) is 48.3 Å². The second-order valence-corrected chi connectivity index (χ2v) is 5.23. The van der Waals surface area contributed by atoms with Crippen molar-refractivity contribution in [3.63, 3.8) is 0 Å². The highest BCUT2D eigenvalue weighted by Crippen LogP contribution is 2.31. The van der Waals surface area contributed by atoms with Crippen LogP contribution in [0.15, 0.2) is 6.20 Å². The summed E-state index contributed by atoms with van der Waals surface area (Å²) >= 11 is 0. The summed E-state index contributed by atoms with van der Waals surface area (Å²) in [5.41, 5.74) is 1.07. The van der Waals surface area contributed by atoms with E-state index in [0.717, 1.165) is 30.8 Å². The zero-order valence-electron chi connectivity index (χ0n) is 13.6. The van der Waals surface area contributed by atoms with Gasteiger partial charge in [-0.3, -0.25) is 4.68 Å². The summed E-state index contributed by atoms with van der Waals surface area (Å²) in [5.74, 6) is 0.822. The largest absolute Gasteiger partial charge is 0.493 e. The molecule has 1 aromatic rings. The van der Waals surface area contributed by atoms with E-state index < -0.39 is 0 Å². The number of ether oxygens (including phenoxy) is 2. The molecule has 2 unspecified atom stereocenters. The maximum absolute atomic E-state index is 5.70. The van der Waals surface area contributed by atoms with E-state index in [4.69, 9.17) is 9.47 Å². The molecule has 1 N–H and O–H groups in total. The lowest BCUT2D eigenvalue weighted by Gasteiger charge is -2.28. The number of hydrogen-bond donors (Lipinski definition) is 1. The second kappa shape index (κ2) is 8.27. The van der Waals surface area contributed by atoms with Gasteiger partial charge < -0.3 is 14.8 Å². The van der Waals surface area contributed by atoms with Gasteiger partial charge in [0.25, 0.3) is 0 Å². The maximum atomic E-state index is 5.70. The fourth-order valence-corrected chi connectivity index (χ4v) is 2.55. The van der Waals surface area contributed by atoms with Crippen LogP contribution in [-0.2, 0) is 4.74 Å². The summed E-state index contributed by atoms with van der Waals surface area (Å²) in [6, 6.07) is 0.374. The van der Waals surface area contributed by atoms with Gasteiger partial charge in [-0.25, -0.2) is 0 Å². The molecule has 0 amide bonds. The highest BCUT2D eigenvalue weighted by molar-refractivity contribution is 5.29. The van der Waals surface area contributed by atoms with Gasteiger partial charge in [-0.05, 0) is 26.8 Å². The third-order valence-electron chi connectivity index (χ3n) is 3.47. The van der Waals surface area contributed by atoms with Crippen LogP contribution < -0.4 is 10.1 Å². The van der Waals surface area contributed by atoms with Crippen LogP contribution in [0.2, 0.25) is 0 Å². The Labute approximate surface area is 122 Å². The van der Waals surface area contributed by atoms with Gasteiger partial charge in [-0.2, -0.15) is 5.10 Å². The smallest absolute Gasteiger partial charge is 0.161 e. The van der Waals surface area contributed by atoms with E-state index in [2.05, 4.69) is 38.1 Å². The summed E-state index contributed by atoms with van der Waals surface area (Å²) in [6.45, 7) is 9.40. The summed E-state index contributed by atoms with van der Waals surface area (Å²) in [6.07, 6.45) is 3.99. The SMILES string of the molecule is CCCC(OC)C(NCC)c1c(OC)cnn1C(C)C. The first-order chi connectivity index (χ1) is 9.60. The highest BCUT2D eigenvalue weighted by Gasteiger charge is 2.29. The van der Waals surface area contributed by atoms with Crippen molar-refractivity contribution < 1.29 is 9.47 Å². The molecular formula is C15H29N3O2. The third kappa shape index (κ3) is 3.73. The van der Waals surface area contributed by atoms with Crippen LogP contribution in [0.25, 0.3) is 0 Å². The molecule has 0 saturated carbocycles. The van der Waals surface area contributed by atoms with Gasteiger partial charge in [0.2, 0.25) is 0 Å². The number of hydrogen-bond acceptors (Lipinski definition) is 4. The van der Waals surface area contributed by atoms with E-state index in [1.807, 2.05) is 4.68 Å². The average molecular weight is 283 g/mol. The molecule has 0 radical (unpaired) electrons. The summed E-state index contributed by atoms with van der Waals surface area (Å²) in [7, 11) is 3.46. The Morgan fingerprint density at radius 2 is 2.00 bits per heavy atom. The molecule has 0 bridgehead atoms. The van der Waals surface area contributed by atoms with Crippen molar-refractivity contribution in [2.75, 3.05) is 20.8 Å². The summed E-state index contributed by atoms with van der Waals surface area (Å²) in [5, 5.41) is 7.99. The van der Waals surface area contributed by atoms with E-state index in [0.29, 0.717) is 0 Å². The molecule has 0 aliphatic carbocycles. The first-order valence-electron chi connectivity index (χ1n) is 7.48. The normalized spacial score (nSPS) is 14.6. The fraction of sp³-hybridized carbons (Fsp3) is 0.800. The minimum atomic E-state index is 0.0878. The van der Waals surface area contributed by atoms with Crippen LogP contribution in [0, 0.1) is 0 Å². The molecule has 20 heavy (non-hydrogen) atoms. The molecule has 0 spiro atoms. The van der Waals surface area contributed by atoms with Crippen molar-refractivity contribution in [1.82, 2.24) is 15.1 Å². The number of nitrogens with one attached hydrogen (secondary N) is 1. The third-order valence-corrected chi connectivity index (χ3v) is 3.47. The van der Waals surface area contributed by atoms with E-state index in [1.165, 1.54) is 0 Å². The van der Waals surface area contributed by atoms with E-state index in [-0.39, 0.29) is 18.2 Å². The first kappa shape index (κ1) is 17.0. The van der Waals surface area contributed by atoms with Gasteiger partial charge in [0, 0.05) is 13.2 Å². The highest BCUT2D eigenvalue weighted by atomic mass is 16.5. The quantitative estimate of drug-likeness (QED) is 0.757.